The van der Waals surface area contributed by atoms with Crippen LogP contribution >= 0.6 is 11.8 Å². The lowest BCUT2D eigenvalue weighted by atomic mass is 10.1. The summed E-state index contributed by atoms with van der Waals surface area (Å²) >= 11 is 1.74. The molecule has 0 saturated carbocycles. The second-order valence-corrected chi connectivity index (χ2v) is 5.48. The Balaban J connectivity index is 1.92. The normalized spacial score (nSPS) is 12.2. The van der Waals surface area contributed by atoms with Crippen LogP contribution in [0.2, 0.25) is 0 Å². The average Bonchev–Trinajstić information content (AvgIpc) is 2.42. The smallest absolute Gasteiger partial charge is 0.123 e. The van der Waals surface area contributed by atoms with Crippen LogP contribution in [0.4, 0.5) is 10.1 Å². The van der Waals surface area contributed by atoms with Gasteiger partial charge in [0.05, 0.1) is 0 Å². The van der Waals surface area contributed by atoms with Gasteiger partial charge in [0.2, 0.25) is 0 Å². The van der Waals surface area contributed by atoms with E-state index in [1.54, 1.807) is 11.8 Å². The topological polar surface area (TPSA) is 12.0 Å². The second kappa shape index (κ2) is 6.62. The molecule has 1 nitrogen and oxygen atoms in total. The number of nitrogens with one attached hydrogen (secondary N) is 1. The van der Waals surface area contributed by atoms with Gasteiger partial charge >= 0.3 is 0 Å². The lowest BCUT2D eigenvalue weighted by Crippen LogP contribution is -2.17. The lowest BCUT2D eigenvalue weighted by Gasteiger charge is -2.15. The fraction of sp³-hybridized carbons (Fsp3) is 0.250. The minimum Gasteiger partial charge on any atom is -0.382 e. The van der Waals surface area contributed by atoms with E-state index in [1.807, 2.05) is 12.1 Å². The molecular weight excluding hydrogens is 257 g/mol. The van der Waals surface area contributed by atoms with Gasteiger partial charge in [-0.05, 0) is 61.6 Å². The molecule has 1 unspecified atom stereocenters. The van der Waals surface area contributed by atoms with Gasteiger partial charge in [-0.1, -0.05) is 12.1 Å². The van der Waals surface area contributed by atoms with E-state index in [1.165, 1.54) is 17.0 Å². The van der Waals surface area contributed by atoms with Gasteiger partial charge in [0.25, 0.3) is 0 Å². The fourth-order valence-corrected chi connectivity index (χ4v) is 2.41. The molecule has 19 heavy (non-hydrogen) atoms. The molecule has 1 N–H and O–H groups in total. The van der Waals surface area contributed by atoms with Gasteiger partial charge in [-0.3, -0.25) is 0 Å². The standard InChI is InChI=1S/C16H18FNS/c1-12(11-13-3-5-14(17)6-4-13)18-15-7-9-16(19-2)10-8-15/h3-10,12,18H,11H2,1-2H3. The van der Waals surface area contributed by atoms with Gasteiger partial charge in [-0.15, -0.1) is 11.8 Å². The molecule has 0 aliphatic carbocycles. The Kier molecular flexibility index (Phi) is 4.86. The predicted molar refractivity (Wildman–Crippen MR) is 81.4 cm³/mol. The van der Waals surface area contributed by atoms with Crippen LogP contribution in [0.1, 0.15) is 12.5 Å². The van der Waals surface area contributed by atoms with E-state index in [4.69, 9.17) is 0 Å². The van der Waals surface area contributed by atoms with E-state index in [0.29, 0.717) is 6.04 Å². The van der Waals surface area contributed by atoms with E-state index in [0.717, 1.165) is 17.7 Å². The zero-order chi connectivity index (χ0) is 13.7. The number of halogens is 1. The minimum atomic E-state index is -0.183. The molecule has 0 amide bonds. The van der Waals surface area contributed by atoms with Gasteiger partial charge < -0.3 is 5.32 Å². The van der Waals surface area contributed by atoms with Gasteiger partial charge in [0.15, 0.2) is 0 Å². The van der Waals surface area contributed by atoms with E-state index in [2.05, 4.69) is 42.8 Å². The molecule has 100 valence electrons. The molecule has 2 aromatic rings. The summed E-state index contributed by atoms with van der Waals surface area (Å²) < 4.78 is 12.8. The van der Waals surface area contributed by atoms with Crippen molar-refractivity contribution in [2.45, 2.75) is 24.3 Å². The summed E-state index contributed by atoms with van der Waals surface area (Å²) in [5.41, 5.74) is 2.26. The Morgan fingerprint density at radius 1 is 1.05 bits per heavy atom. The van der Waals surface area contributed by atoms with Crippen molar-refractivity contribution in [1.82, 2.24) is 0 Å². The average molecular weight is 275 g/mol. The van der Waals surface area contributed by atoms with Crippen LogP contribution in [0, 0.1) is 5.82 Å². The molecule has 0 saturated heterocycles. The van der Waals surface area contributed by atoms with E-state index < -0.39 is 0 Å². The SMILES string of the molecule is CSc1ccc(NC(C)Cc2ccc(F)cc2)cc1. The Labute approximate surface area is 118 Å². The maximum atomic E-state index is 12.8. The van der Waals surface area contributed by atoms with Gasteiger partial charge in [-0.2, -0.15) is 0 Å². The summed E-state index contributed by atoms with van der Waals surface area (Å²) in [6, 6.07) is 15.4. The largest absolute Gasteiger partial charge is 0.382 e. The van der Waals surface area contributed by atoms with E-state index >= 15 is 0 Å². The number of rotatable bonds is 5. The van der Waals surface area contributed by atoms with Crippen molar-refractivity contribution >= 4 is 17.4 Å². The molecule has 0 fully saturated rings. The number of benzene rings is 2. The first-order valence-electron chi connectivity index (χ1n) is 6.32. The molecule has 2 aromatic carbocycles. The first kappa shape index (κ1) is 13.9. The van der Waals surface area contributed by atoms with Crippen LogP contribution < -0.4 is 5.32 Å². The Hall–Kier alpha value is -1.48. The molecule has 0 aromatic heterocycles. The highest BCUT2D eigenvalue weighted by Crippen LogP contribution is 2.18. The zero-order valence-electron chi connectivity index (χ0n) is 11.2. The highest BCUT2D eigenvalue weighted by Gasteiger charge is 2.04. The molecule has 3 heteroatoms. The third-order valence-electron chi connectivity index (χ3n) is 2.96. The Bertz CT molecular complexity index is 507. The summed E-state index contributed by atoms with van der Waals surface area (Å²) in [5.74, 6) is -0.183. The van der Waals surface area contributed by atoms with Crippen LogP contribution in [0.5, 0.6) is 0 Å². The highest BCUT2D eigenvalue weighted by molar-refractivity contribution is 7.98. The molecule has 2 rings (SSSR count). The lowest BCUT2D eigenvalue weighted by molar-refractivity contribution is 0.626. The van der Waals surface area contributed by atoms with Gasteiger partial charge in [0.1, 0.15) is 5.82 Å². The first-order valence-corrected chi connectivity index (χ1v) is 7.55. The molecule has 0 bridgehead atoms. The number of anilines is 1. The molecule has 1 atom stereocenters. The van der Waals surface area contributed by atoms with Gasteiger partial charge in [0, 0.05) is 16.6 Å². The van der Waals surface area contributed by atoms with Crippen LogP contribution in [0.25, 0.3) is 0 Å². The first-order chi connectivity index (χ1) is 9.17. The summed E-state index contributed by atoms with van der Waals surface area (Å²) in [4.78, 5) is 1.26. The fourth-order valence-electron chi connectivity index (χ4n) is 2.00. The van der Waals surface area contributed by atoms with Crippen molar-refractivity contribution < 1.29 is 4.39 Å². The minimum absolute atomic E-state index is 0.183. The molecule has 0 spiro atoms. The van der Waals surface area contributed by atoms with Crippen molar-refractivity contribution in [3.8, 4) is 0 Å². The van der Waals surface area contributed by atoms with Gasteiger partial charge in [-0.25, -0.2) is 4.39 Å². The number of thioether (sulfide) groups is 1. The predicted octanol–water partition coefficient (Wildman–Crippen LogP) is 4.59. The summed E-state index contributed by atoms with van der Waals surface area (Å²) in [6.07, 6.45) is 2.95. The number of hydrogen-bond acceptors (Lipinski definition) is 2. The van der Waals surface area contributed by atoms with E-state index in [9.17, 15) is 4.39 Å². The second-order valence-electron chi connectivity index (χ2n) is 4.60. The van der Waals surface area contributed by atoms with Crippen molar-refractivity contribution in [3.63, 3.8) is 0 Å². The molecule has 0 aliphatic heterocycles. The zero-order valence-corrected chi connectivity index (χ0v) is 12.0. The molecule has 0 aliphatic rings. The monoisotopic (exact) mass is 275 g/mol. The molecule has 0 radical (unpaired) electrons. The number of hydrogen-bond donors (Lipinski definition) is 1. The van der Waals surface area contributed by atoms with Crippen LogP contribution in [-0.4, -0.2) is 12.3 Å². The highest BCUT2D eigenvalue weighted by atomic mass is 32.2. The Morgan fingerprint density at radius 2 is 1.68 bits per heavy atom. The molecule has 0 heterocycles. The van der Waals surface area contributed by atoms with Crippen molar-refractivity contribution in [3.05, 3.63) is 59.9 Å². The van der Waals surface area contributed by atoms with E-state index in [-0.39, 0.29) is 5.82 Å². The maximum absolute atomic E-state index is 12.8. The van der Waals surface area contributed by atoms with Crippen molar-refractivity contribution in [2.75, 3.05) is 11.6 Å². The van der Waals surface area contributed by atoms with Crippen LogP contribution in [0.15, 0.2) is 53.4 Å². The molecular formula is C16H18FNS. The quantitative estimate of drug-likeness (QED) is 0.801. The van der Waals surface area contributed by atoms with Crippen LogP contribution in [-0.2, 0) is 6.42 Å². The van der Waals surface area contributed by atoms with Crippen LogP contribution in [0.3, 0.4) is 0 Å². The summed E-state index contributed by atoms with van der Waals surface area (Å²) in [6.45, 7) is 2.13. The Morgan fingerprint density at radius 3 is 2.26 bits per heavy atom. The maximum Gasteiger partial charge on any atom is 0.123 e. The third-order valence-corrected chi connectivity index (χ3v) is 3.70. The third kappa shape index (κ3) is 4.28. The summed E-state index contributed by atoms with van der Waals surface area (Å²) in [5, 5.41) is 3.45. The van der Waals surface area contributed by atoms with Crippen molar-refractivity contribution in [2.24, 2.45) is 0 Å². The summed E-state index contributed by atoms with van der Waals surface area (Å²) in [7, 11) is 0. The van der Waals surface area contributed by atoms with Crippen molar-refractivity contribution in [1.29, 1.82) is 0 Å².